The SMILES string of the molecule is COCCn1ncc2cc(-c3cc(NCC(C)c4cnccc4OC4CC4)ncn3)cnc21. The zero-order chi connectivity index (χ0) is 22.6. The van der Waals surface area contributed by atoms with Gasteiger partial charge in [0.2, 0.25) is 0 Å². The van der Waals surface area contributed by atoms with Crippen molar-refractivity contribution in [2.24, 2.45) is 0 Å². The Bertz CT molecular complexity index is 1240. The van der Waals surface area contributed by atoms with E-state index in [9.17, 15) is 0 Å². The van der Waals surface area contributed by atoms with E-state index in [0.717, 1.165) is 52.3 Å². The van der Waals surface area contributed by atoms with Gasteiger partial charge < -0.3 is 14.8 Å². The van der Waals surface area contributed by atoms with E-state index < -0.39 is 0 Å². The highest BCUT2D eigenvalue weighted by Gasteiger charge is 2.25. The minimum atomic E-state index is 0.210. The lowest BCUT2D eigenvalue weighted by Gasteiger charge is -2.17. The number of fused-ring (bicyclic) bond motifs is 1. The minimum Gasteiger partial charge on any atom is -0.490 e. The number of hydrogen-bond donors (Lipinski definition) is 1. The molecule has 1 fully saturated rings. The van der Waals surface area contributed by atoms with Crippen molar-refractivity contribution in [2.45, 2.75) is 38.3 Å². The average Bonchev–Trinajstić information content (AvgIpc) is 3.58. The number of rotatable bonds is 10. The highest BCUT2D eigenvalue weighted by atomic mass is 16.5. The summed E-state index contributed by atoms with van der Waals surface area (Å²) in [6.45, 7) is 4.11. The number of pyridine rings is 2. The molecule has 1 atom stereocenters. The summed E-state index contributed by atoms with van der Waals surface area (Å²) >= 11 is 0. The molecule has 0 saturated heterocycles. The third-order valence-electron chi connectivity index (χ3n) is 5.69. The van der Waals surface area contributed by atoms with Crippen molar-refractivity contribution in [1.82, 2.24) is 29.7 Å². The molecule has 0 radical (unpaired) electrons. The fourth-order valence-corrected chi connectivity index (χ4v) is 3.67. The molecule has 9 heteroatoms. The standard InChI is InChI=1S/C24H27N7O2/c1-16(20-14-25-6-5-22(20)33-19-3-4-19)11-26-23-10-21(28-15-29-23)17-9-18-13-30-31(7-8-32-2)24(18)27-12-17/h5-6,9-10,12-16,19H,3-4,7-8,11H2,1-2H3,(H,26,28,29). The summed E-state index contributed by atoms with van der Waals surface area (Å²) in [4.78, 5) is 17.7. The number of hydrogen-bond acceptors (Lipinski definition) is 8. The van der Waals surface area contributed by atoms with Crippen molar-refractivity contribution in [3.63, 3.8) is 0 Å². The summed E-state index contributed by atoms with van der Waals surface area (Å²) in [6, 6.07) is 5.94. The van der Waals surface area contributed by atoms with Crippen molar-refractivity contribution >= 4 is 16.9 Å². The van der Waals surface area contributed by atoms with Gasteiger partial charge in [-0.25, -0.2) is 19.6 Å². The van der Waals surface area contributed by atoms with Gasteiger partial charge in [0.25, 0.3) is 0 Å². The first-order valence-corrected chi connectivity index (χ1v) is 11.2. The Labute approximate surface area is 192 Å². The summed E-state index contributed by atoms with van der Waals surface area (Å²) in [6.07, 6.45) is 11.5. The van der Waals surface area contributed by atoms with Crippen LogP contribution in [0.1, 0.15) is 31.2 Å². The van der Waals surface area contributed by atoms with E-state index in [1.54, 1.807) is 19.6 Å². The third-order valence-corrected chi connectivity index (χ3v) is 5.69. The second-order valence-electron chi connectivity index (χ2n) is 8.30. The van der Waals surface area contributed by atoms with E-state index in [2.05, 4.69) is 37.3 Å². The molecule has 1 unspecified atom stereocenters. The molecule has 0 spiro atoms. The van der Waals surface area contributed by atoms with Crippen molar-refractivity contribution in [2.75, 3.05) is 25.6 Å². The van der Waals surface area contributed by atoms with Gasteiger partial charge in [-0.1, -0.05) is 6.92 Å². The number of nitrogens with zero attached hydrogens (tertiary/aromatic N) is 6. The summed E-state index contributed by atoms with van der Waals surface area (Å²) in [5.41, 5.74) is 3.65. The second-order valence-corrected chi connectivity index (χ2v) is 8.30. The minimum absolute atomic E-state index is 0.210. The van der Waals surface area contributed by atoms with Crippen LogP contribution in [-0.4, -0.2) is 56.1 Å². The van der Waals surface area contributed by atoms with E-state index in [1.165, 1.54) is 0 Å². The molecule has 1 aliphatic rings. The van der Waals surface area contributed by atoms with Crippen LogP contribution < -0.4 is 10.1 Å². The summed E-state index contributed by atoms with van der Waals surface area (Å²) < 4.78 is 13.0. The summed E-state index contributed by atoms with van der Waals surface area (Å²) in [5.74, 6) is 1.90. The molecule has 1 N–H and O–H groups in total. The molecule has 1 saturated carbocycles. The van der Waals surface area contributed by atoms with Gasteiger partial charge >= 0.3 is 0 Å². The first-order valence-electron chi connectivity index (χ1n) is 11.2. The van der Waals surface area contributed by atoms with Gasteiger partial charge in [0, 0.05) is 60.7 Å². The fraction of sp³-hybridized carbons (Fsp3) is 0.375. The van der Waals surface area contributed by atoms with Gasteiger partial charge in [-0.2, -0.15) is 5.10 Å². The summed E-state index contributed by atoms with van der Waals surface area (Å²) in [5, 5.41) is 8.80. The van der Waals surface area contributed by atoms with Crippen LogP contribution in [0.3, 0.4) is 0 Å². The van der Waals surface area contributed by atoms with Gasteiger partial charge in [-0.05, 0) is 25.0 Å². The molecule has 170 valence electrons. The largest absolute Gasteiger partial charge is 0.490 e. The fourth-order valence-electron chi connectivity index (χ4n) is 3.67. The van der Waals surface area contributed by atoms with Crippen LogP contribution in [-0.2, 0) is 11.3 Å². The van der Waals surface area contributed by atoms with E-state index in [1.807, 2.05) is 41.5 Å². The first kappa shape index (κ1) is 21.3. The third kappa shape index (κ3) is 4.93. The maximum atomic E-state index is 6.05. The number of nitrogens with one attached hydrogen (secondary N) is 1. The van der Waals surface area contributed by atoms with Gasteiger partial charge in [0.15, 0.2) is 5.65 Å². The van der Waals surface area contributed by atoms with Gasteiger partial charge in [-0.15, -0.1) is 0 Å². The Balaban J connectivity index is 1.29. The van der Waals surface area contributed by atoms with Crippen molar-refractivity contribution in [1.29, 1.82) is 0 Å². The Morgan fingerprint density at radius 2 is 2.06 bits per heavy atom. The predicted octanol–water partition coefficient (Wildman–Crippen LogP) is 3.69. The highest BCUT2D eigenvalue weighted by Crippen LogP contribution is 2.32. The van der Waals surface area contributed by atoms with Crippen LogP contribution in [0.2, 0.25) is 0 Å². The quantitative estimate of drug-likeness (QED) is 0.395. The molecule has 9 nitrogen and oxygen atoms in total. The molecule has 4 aromatic rings. The van der Waals surface area contributed by atoms with E-state index in [-0.39, 0.29) is 5.92 Å². The number of ether oxygens (including phenoxy) is 2. The smallest absolute Gasteiger partial charge is 0.157 e. The van der Waals surface area contributed by atoms with Crippen molar-refractivity contribution in [3.8, 4) is 17.0 Å². The van der Waals surface area contributed by atoms with E-state index in [4.69, 9.17) is 9.47 Å². The molecule has 5 rings (SSSR count). The molecule has 33 heavy (non-hydrogen) atoms. The van der Waals surface area contributed by atoms with Gasteiger partial charge in [0.05, 0.1) is 31.1 Å². The Hall–Kier alpha value is -3.59. The summed E-state index contributed by atoms with van der Waals surface area (Å²) in [7, 11) is 1.68. The lowest BCUT2D eigenvalue weighted by molar-refractivity contribution is 0.184. The average molecular weight is 446 g/mol. The molecular formula is C24H27N7O2. The van der Waals surface area contributed by atoms with Crippen LogP contribution >= 0.6 is 0 Å². The van der Waals surface area contributed by atoms with Gasteiger partial charge in [0.1, 0.15) is 17.9 Å². The lowest BCUT2D eigenvalue weighted by atomic mass is 10.0. The van der Waals surface area contributed by atoms with Crippen LogP contribution in [0.25, 0.3) is 22.3 Å². The normalized spacial score (nSPS) is 14.4. The Morgan fingerprint density at radius 1 is 1.15 bits per heavy atom. The predicted molar refractivity (Wildman–Crippen MR) is 125 cm³/mol. The van der Waals surface area contributed by atoms with Crippen LogP contribution in [0.5, 0.6) is 5.75 Å². The molecule has 4 aromatic heterocycles. The monoisotopic (exact) mass is 445 g/mol. The van der Waals surface area contributed by atoms with Crippen molar-refractivity contribution in [3.05, 3.63) is 54.9 Å². The van der Waals surface area contributed by atoms with Crippen LogP contribution in [0, 0.1) is 0 Å². The molecule has 0 aliphatic heterocycles. The number of methoxy groups -OCH3 is 1. The molecule has 0 bridgehead atoms. The molecule has 0 amide bonds. The number of anilines is 1. The number of aromatic nitrogens is 6. The zero-order valence-corrected chi connectivity index (χ0v) is 18.8. The second kappa shape index (κ2) is 9.50. The molecular weight excluding hydrogens is 418 g/mol. The van der Waals surface area contributed by atoms with Crippen LogP contribution in [0.15, 0.2) is 49.3 Å². The van der Waals surface area contributed by atoms with E-state index in [0.29, 0.717) is 25.8 Å². The molecule has 4 heterocycles. The van der Waals surface area contributed by atoms with Crippen LogP contribution in [0.4, 0.5) is 5.82 Å². The maximum absolute atomic E-state index is 6.05. The van der Waals surface area contributed by atoms with Gasteiger partial charge in [-0.3, -0.25) is 4.98 Å². The topological polar surface area (TPSA) is 99.9 Å². The van der Waals surface area contributed by atoms with E-state index >= 15 is 0 Å². The maximum Gasteiger partial charge on any atom is 0.157 e. The molecule has 1 aliphatic carbocycles. The van der Waals surface area contributed by atoms with Crippen molar-refractivity contribution < 1.29 is 9.47 Å². The molecule has 0 aromatic carbocycles. The lowest BCUT2D eigenvalue weighted by Crippen LogP contribution is -2.13. The zero-order valence-electron chi connectivity index (χ0n) is 18.8. The highest BCUT2D eigenvalue weighted by molar-refractivity contribution is 5.80. The Morgan fingerprint density at radius 3 is 2.91 bits per heavy atom. The Kier molecular flexibility index (Phi) is 6.12. The first-order chi connectivity index (χ1) is 16.2.